The first-order valence-corrected chi connectivity index (χ1v) is 6.75. The molecule has 0 aliphatic carbocycles. The fourth-order valence-corrected chi connectivity index (χ4v) is 2.54. The molecule has 3 unspecified atom stereocenters. The number of rotatable bonds is 4. The van der Waals surface area contributed by atoms with Gasteiger partial charge in [0.15, 0.2) is 0 Å². The molecule has 0 spiro atoms. The maximum absolute atomic E-state index is 13.5. The Hall–Kier alpha value is -0.970. The summed E-state index contributed by atoms with van der Waals surface area (Å²) < 4.78 is 24.8. The van der Waals surface area contributed by atoms with Gasteiger partial charge < -0.3 is 14.6 Å². The van der Waals surface area contributed by atoms with Gasteiger partial charge in [-0.05, 0) is 32.8 Å². The van der Waals surface area contributed by atoms with Crippen molar-refractivity contribution in [2.24, 2.45) is 0 Å². The first-order valence-electron chi connectivity index (χ1n) is 6.75. The predicted octanol–water partition coefficient (Wildman–Crippen LogP) is 2.83. The maximum atomic E-state index is 13.5. The summed E-state index contributed by atoms with van der Waals surface area (Å²) in [5.74, 6) is -0.396. The molecule has 3 atom stereocenters. The molecule has 0 radical (unpaired) electrons. The smallest absolute Gasteiger partial charge is 0.129 e. The van der Waals surface area contributed by atoms with Crippen molar-refractivity contribution in [3.8, 4) is 0 Å². The van der Waals surface area contributed by atoms with Crippen LogP contribution in [-0.2, 0) is 9.47 Å². The Morgan fingerprint density at radius 1 is 1.32 bits per heavy atom. The molecule has 1 aliphatic rings. The molecule has 1 N–H and O–H groups in total. The van der Waals surface area contributed by atoms with E-state index >= 15 is 0 Å². The summed E-state index contributed by atoms with van der Waals surface area (Å²) in [6.07, 6.45) is 1.11. The van der Waals surface area contributed by atoms with E-state index in [1.165, 1.54) is 6.07 Å². The van der Waals surface area contributed by atoms with E-state index in [1.807, 2.05) is 13.8 Å². The second-order valence-corrected chi connectivity index (χ2v) is 5.22. The zero-order valence-corrected chi connectivity index (χ0v) is 11.4. The van der Waals surface area contributed by atoms with Gasteiger partial charge in [0.25, 0.3) is 0 Å². The molecule has 2 rings (SSSR count). The lowest BCUT2D eigenvalue weighted by Gasteiger charge is -2.32. The van der Waals surface area contributed by atoms with Crippen molar-refractivity contribution in [1.82, 2.24) is 0 Å². The van der Waals surface area contributed by atoms with Crippen LogP contribution in [0.15, 0.2) is 24.3 Å². The average molecular weight is 268 g/mol. The molecule has 1 heterocycles. The van der Waals surface area contributed by atoms with Crippen molar-refractivity contribution < 1.29 is 19.0 Å². The molecule has 4 heteroatoms. The number of hydrogen-bond acceptors (Lipinski definition) is 3. The number of aliphatic hydroxyl groups is 1. The Morgan fingerprint density at radius 3 is 2.58 bits per heavy atom. The van der Waals surface area contributed by atoms with Crippen LogP contribution in [0.25, 0.3) is 0 Å². The van der Waals surface area contributed by atoms with Crippen LogP contribution in [0, 0.1) is 5.82 Å². The van der Waals surface area contributed by atoms with E-state index in [2.05, 4.69) is 0 Å². The number of halogens is 1. The lowest BCUT2D eigenvalue weighted by molar-refractivity contribution is -0.114. The van der Waals surface area contributed by atoms with Crippen LogP contribution in [-0.4, -0.2) is 30.0 Å². The highest BCUT2D eigenvalue weighted by atomic mass is 19.1. The largest absolute Gasteiger partial charge is 0.386 e. The lowest BCUT2D eigenvalue weighted by Crippen LogP contribution is -2.34. The van der Waals surface area contributed by atoms with Crippen LogP contribution in [0.5, 0.6) is 0 Å². The first-order chi connectivity index (χ1) is 9.06. The van der Waals surface area contributed by atoms with Crippen molar-refractivity contribution in [3.05, 3.63) is 35.6 Å². The third-order valence-electron chi connectivity index (χ3n) is 3.41. The molecule has 0 amide bonds. The second-order valence-electron chi connectivity index (χ2n) is 5.22. The summed E-state index contributed by atoms with van der Waals surface area (Å²) in [5, 5.41) is 9.97. The zero-order valence-electron chi connectivity index (χ0n) is 11.4. The normalized spacial score (nSPS) is 29.2. The van der Waals surface area contributed by atoms with Crippen LogP contribution in [0.2, 0.25) is 0 Å². The Balaban J connectivity index is 1.87. The summed E-state index contributed by atoms with van der Waals surface area (Å²) in [4.78, 5) is 0. The Bertz CT molecular complexity index is 400. The summed E-state index contributed by atoms with van der Waals surface area (Å²) >= 11 is 0. The summed E-state index contributed by atoms with van der Waals surface area (Å²) in [7, 11) is 0. The number of benzene rings is 1. The van der Waals surface area contributed by atoms with Gasteiger partial charge in [0.2, 0.25) is 0 Å². The van der Waals surface area contributed by atoms with Crippen molar-refractivity contribution in [1.29, 1.82) is 0 Å². The molecular weight excluding hydrogens is 247 g/mol. The molecule has 3 nitrogen and oxygen atoms in total. The zero-order chi connectivity index (χ0) is 13.8. The van der Waals surface area contributed by atoms with Gasteiger partial charge >= 0.3 is 0 Å². The molecule has 19 heavy (non-hydrogen) atoms. The van der Waals surface area contributed by atoms with E-state index in [0.29, 0.717) is 0 Å². The van der Waals surface area contributed by atoms with Crippen molar-refractivity contribution in [3.63, 3.8) is 0 Å². The molecule has 1 aromatic carbocycles. The fraction of sp³-hybridized carbons (Fsp3) is 0.600. The van der Waals surface area contributed by atoms with Crippen molar-refractivity contribution in [2.75, 3.05) is 6.61 Å². The van der Waals surface area contributed by atoms with Crippen molar-refractivity contribution >= 4 is 0 Å². The summed E-state index contributed by atoms with van der Waals surface area (Å²) in [6.45, 7) is 4.14. The average Bonchev–Trinajstić information content (AvgIpc) is 2.35. The van der Waals surface area contributed by atoms with Gasteiger partial charge in [0, 0.05) is 5.56 Å². The van der Waals surface area contributed by atoms with E-state index in [1.54, 1.807) is 18.2 Å². The predicted molar refractivity (Wildman–Crippen MR) is 70.3 cm³/mol. The lowest BCUT2D eigenvalue weighted by atomic mass is 10.0. The minimum Gasteiger partial charge on any atom is -0.386 e. The van der Waals surface area contributed by atoms with Crippen molar-refractivity contribution in [2.45, 2.75) is 51.1 Å². The van der Waals surface area contributed by atoms with E-state index in [-0.39, 0.29) is 30.5 Å². The van der Waals surface area contributed by atoms with E-state index < -0.39 is 11.9 Å². The van der Waals surface area contributed by atoms with Gasteiger partial charge in [-0.2, -0.15) is 0 Å². The molecule has 1 saturated heterocycles. The third kappa shape index (κ3) is 4.00. The molecule has 0 bridgehead atoms. The van der Waals surface area contributed by atoms with E-state index in [9.17, 15) is 9.50 Å². The molecule has 1 aromatic rings. The van der Waals surface area contributed by atoms with Gasteiger partial charge in [0.05, 0.1) is 24.9 Å². The SMILES string of the molecule is CC1CC(OCC(O)c2ccccc2F)CC(C)O1. The molecule has 0 saturated carbocycles. The van der Waals surface area contributed by atoms with Crippen LogP contribution < -0.4 is 0 Å². The monoisotopic (exact) mass is 268 g/mol. The number of hydrogen-bond donors (Lipinski definition) is 1. The quantitative estimate of drug-likeness (QED) is 0.912. The standard InChI is InChI=1S/C15H21FO3/c1-10-7-12(8-11(2)19-10)18-9-15(17)13-5-3-4-6-14(13)16/h3-6,10-12,15,17H,7-9H2,1-2H3. The van der Waals surface area contributed by atoms with E-state index in [4.69, 9.17) is 9.47 Å². The summed E-state index contributed by atoms with van der Waals surface area (Å²) in [6, 6.07) is 6.24. The molecule has 1 fully saturated rings. The second kappa shape index (κ2) is 6.46. The Morgan fingerprint density at radius 2 is 1.95 bits per heavy atom. The minimum absolute atomic E-state index is 0.0696. The molecule has 0 aromatic heterocycles. The van der Waals surface area contributed by atoms with Gasteiger partial charge in [-0.1, -0.05) is 18.2 Å². The van der Waals surface area contributed by atoms with Gasteiger partial charge in [-0.15, -0.1) is 0 Å². The third-order valence-corrected chi connectivity index (χ3v) is 3.41. The highest BCUT2D eigenvalue weighted by molar-refractivity contribution is 5.19. The van der Waals surface area contributed by atoms with Gasteiger partial charge in [0.1, 0.15) is 11.9 Å². The molecule has 1 aliphatic heterocycles. The van der Waals surface area contributed by atoms with Crippen LogP contribution in [0.1, 0.15) is 38.4 Å². The van der Waals surface area contributed by atoms with Gasteiger partial charge in [-0.25, -0.2) is 4.39 Å². The highest BCUT2D eigenvalue weighted by Gasteiger charge is 2.26. The molecule has 106 valence electrons. The van der Waals surface area contributed by atoms with E-state index in [0.717, 1.165) is 12.8 Å². The van der Waals surface area contributed by atoms with Crippen LogP contribution >= 0.6 is 0 Å². The fourth-order valence-electron chi connectivity index (χ4n) is 2.54. The first kappa shape index (κ1) is 14.4. The highest BCUT2D eigenvalue weighted by Crippen LogP contribution is 2.24. The van der Waals surface area contributed by atoms with Crippen LogP contribution in [0.4, 0.5) is 4.39 Å². The minimum atomic E-state index is -0.922. The maximum Gasteiger partial charge on any atom is 0.129 e. The van der Waals surface area contributed by atoms with Gasteiger partial charge in [-0.3, -0.25) is 0 Å². The topological polar surface area (TPSA) is 38.7 Å². The Labute approximate surface area is 113 Å². The number of ether oxygens (including phenoxy) is 2. The van der Waals surface area contributed by atoms with Crippen LogP contribution in [0.3, 0.4) is 0 Å². The molecular formula is C15H21FO3. The number of aliphatic hydroxyl groups excluding tert-OH is 1. The Kier molecular flexibility index (Phi) is 4.91. The summed E-state index contributed by atoms with van der Waals surface area (Å²) in [5.41, 5.74) is 0.288.